The van der Waals surface area contributed by atoms with Gasteiger partial charge in [0.1, 0.15) is 0 Å². The fraction of sp³-hybridized carbons (Fsp3) is 0.261. The lowest BCUT2D eigenvalue weighted by Gasteiger charge is -2.22. The number of nitrogens with one attached hydrogen (secondary N) is 1. The van der Waals surface area contributed by atoms with E-state index < -0.39 is 9.84 Å². The van der Waals surface area contributed by atoms with E-state index in [-0.39, 0.29) is 9.92 Å². The van der Waals surface area contributed by atoms with Crippen LogP contribution < -0.4 is 4.90 Å². The van der Waals surface area contributed by atoms with E-state index in [2.05, 4.69) is 34.1 Å². The molecule has 4 aromatic rings. The van der Waals surface area contributed by atoms with Crippen molar-refractivity contribution in [2.75, 3.05) is 32.1 Å². The van der Waals surface area contributed by atoms with Gasteiger partial charge in [-0.05, 0) is 50.2 Å². The average Bonchev–Trinajstić information content (AvgIpc) is 3.40. The molecule has 3 aromatic carbocycles. The van der Waals surface area contributed by atoms with Gasteiger partial charge >= 0.3 is 0 Å². The van der Waals surface area contributed by atoms with E-state index in [0.29, 0.717) is 16.8 Å². The van der Waals surface area contributed by atoms with Crippen molar-refractivity contribution >= 4 is 37.2 Å². The van der Waals surface area contributed by atoms with Crippen LogP contribution in [0.3, 0.4) is 0 Å². The van der Waals surface area contributed by atoms with Crippen LogP contribution in [-0.4, -0.2) is 56.7 Å². The lowest BCUT2D eigenvalue weighted by molar-refractivity contribution is 0.315. The van der Waals surface area contributed by atoms with E-state index in [4.69, 9.17) is 0 Å². The molecule has 1 fully saturated rings. The van der Waals surface area contributed by atoms with Gasteiger partial charge in [0.05, 0.1) is 10.4 Å². The van der Waals surface area contributed by atoms with Crippen LogP contribution in [0, 0.1) is 0 Å². The van der Waals surface area contributed by atoms with E-state index in [1.165, 1.54) is 0 Å². The topological polar surface area (TPSA) is 69.3 Å². The molecule has 2 heterocycles. The average molecular weight is 421 g/mol. The second-order valence-corrected chi connectivity index (χ2v) is 9.92. The molecule has 0 bridgehead atoms. The molecule has 0 saturated carbocycles. The van der Waals surface area contributed by atoms with Gasteiger partial charge in [-0.3, -0.25) is 5.10 Å². The Kier molecular flexibility index (Phi) is 4.52. The summed E-state index contributed by atoms with van der Waals surface area (Å²) in [6.45, 7) is 1.89. The molecule has 154 valence electrons. The predicted molar refractivity (Wildman–Crippen MR) is 120 cm³/mol. The second kappa shape index (κ2) is 7.11. The first kappa shape index (κ1) is 19.1. The van der Waals surface area contributed by atoms with Crippen molar-refractivity contribution in [2.45, 2.75) is 22.4 Å². The number of sulfone groups is 1. The highest BCUT2D eigenvalue weighted by Crippen LogP contribution is 2.33. The number of rotatable bonds is 4. The summed E-state index contributed by atoms with van der Waals surface area (Å²) in [6.07, 6.45) is 1.09. The molecule has 1 unspecified atom stereocenters. The molecule has 1 aliphatic heterocycles. The summed E-state index contributed by atoms with van der Waals surface area (Å²) < 4.78 is 27.2. The molecule has 0 aliphatic carbocycles. The SMILES string of the molecule is CN(C)C1CCN(c2ccc3[nH]nc(S(=O)(=O)c4cccc5ccccc45)c3c2)C1. The van der Waals surface area contributed by atoms with Gasteiger partial charge in [-0.2, -0.15) is 5.10 Å². The Labute approximate surface area is 176 Å². The predicted octanol–water partition coefficient (Wildman–Crippen LogP) is 3.69. The van der Waals surface area contributed by atoms with Crippen LogP contribution in [0.2, 0.25) is 0 Å². The molecule has 1 aliphatic rings. The van der Waals surface area contributed by atoms with E-state index in [1.807, 2.05) is 48.5 Å². The fourth-order valence-electron chi connectivity index (χ4n) is 4.31. The van der Waals surface area contributed by atoms with E-state index in [0.717, 1.165) is 36.1 Å². The van der Waals surface area contributed by atoms with Gasteiger partial charge in [0.15, 0.2) is 5.03 Å². The summed E-state index contributed by atoms with van der Waals surface area (Å²) in [7, 11) is 0.417. The maximum Gasteiger partial charge on any atom is 0.226 e. The van der Waals surface area contributed by atoms with Crippen LogP contribution in [0.15, 0.2) is 70.6 Å². The van der Waals surface area contributed by atoms with Gasteiger partial charge in [-0.25, -0.2) is 8.42 Å². The first-order valence-corrected chi connectivity index (χ1v) is 11.6. The van der Waals surface area contributed by atoms with Gasteiger partial charge in [-0.15, -0.1) is 0 Å². The summed E-state index contributed by atoms with van der Waals surface area (Å²) in [5, 5.41) is 9.44. The number of aromatic amines is 1. The summed E-state index contributed by atoms with van der Waals surface area (Å²) in [5.41, 5.74) is 1.75. The maximum absolute atomic E-state index is 13.6. The van der Waals surface area contributed by atoms with Gasteiger partial charge in [-0.1, -0.05) is 36.4 Å². The van der Waals surface area contributed by atoms with Gasteiger partial charge in [0, 0.05) is 35.6 Å². The van der Waals surface area contributed by atoms with Gasteiger partial charge in [0.25, 0.3) is 0 Å². The van der Waals surface area contributed by atoms with Crippen LogP contribution in [0.1, 0.15) is 6.42 Å². The van der Waals surface area contributed by atoms with Crippen LogP contribution in [0.5, 0.6) is 0 Å². The summed E-state index contributed by atoms with van der Waals surface area (Å²) in [5.74, 6) is 0. The molecular formula is C23H24N4O2S. The molecule has 0 amide bonds. The third-order valence-corrected chi connectivity index (χ3v) is 7.82. The number of nitrogens with zero attached hydrogens (tertiary/aromatic N) is 3. The standard InChI is InChI=1S/C23H24N4O2S/c1-26(2)18-12-13-27(15-18)17-10-11-21-20(14-17)23(25-24-21)30(28,29)22-9-5-7-16-6-3-4-8-19(16)22/h3-11,14,18H,12-13,15H2,1-2H3,(H,24,25). The second-order valence-electron chi connectivity index (χ2n) is 8.09. The molecule has 1 N–H and O–H groups in total. The molecule has 1 aromatic heterocycles. The Morgan fingerprint density at radius 1 is 1.03 bits per heavy atom. The quantitative estimate of drug-likeness (QED) is 0.545. The monoisotopic (exact) mass is 420 g/mol. The van der Waals surface area contributed by atoms with Crippen molar-refractivity contribution in [2.24, 2.45) is 0 Å². The minimum atomic E-state index is -3.78. The number of H-pyrrole nitrogens is 1. The Balaban J connectivity index is 1.61. The van der Waals surface area contributed by atoms with Crippen LogP contribution in [0.4, 0.5) is 5.69 Å². The zero-order chi connectivity index (χ0) is 20.9. The van der Waals surface area contributed by atoms with Gasteiger partial charge in [0.2, 0.25) is 9.84 Å². The summed E-state index contributed by atoms with van der Waals surface area (Å²) in [4.78, 5) is 4.84. The summed E-state index contributed by atoms with van der Waals surface area (Å²) >= 11 is 0. The molecule has 1 saturated heterocycles. The molecule has 5 rings (SSSR count). The minimum absolute atomic E-state index is 0.0825. The largest absolute Gasteiger partial charge is 0.370 e. The highest BCUT2D eigenvalue weighted by molar-refractivity contribution is 7.91. The van der Waals surface area contributed by atoms with Gasteiger partial charge < -0.3 is 9.80 Å². The Morgan fingerprint density at radius 3 is 2.63 bits per heavy atom. The number of benzene rings is 3. The van der Waals surface area contributed by atoms with Crippen molar-refractivity contribution in [1.29, 1.82) is 0 Å². The fourth-order valence-corrected chi connectivity index (χ4v) is 5.88. The highest BCUT2D eigenvalue weighted by Gasteiger charge is 2.28. The minimum Gasteiger partial charge on any atom is -0.370 e. The zero-order valence-electron chi connectivity index (χ0n) is 17.0. The van der Waals surface area contributed by atoms with Crippen molar-refractivity contribution in [3.05, 3.63) is 60.7 Å². The van der Waals surface area contributed by atoms with Crippen LogP contribution in [0.25, 0.3) is 21.7 Å². The van der Waals surface area contributed by atoms with E-state index >= 15 is 0 Å². The first-order valence-electron chi connectivity index (χ1n) is 10.1. The Hall–Kier alpha value is -2.90. The number of fused-ring (bicyclic) bond motifs is 2. The Morgan fingerprint density at radius 2 is 1.83 bits per heavy atom. The van der Waals surface area contributed by atoms with E-state index in [9.17, 15) is 8.42 Å². The number of likely N-dealkylation sites (N-methyl/N-ethyl adjacent to an activating group) is 1. The third-order valence-electron chi connectivity index (χ3n) is 6.06. The normalized spacial score (nSPS) is 17.4. The van der Waals surface area contributed by atoms with Crippen LogP contribution in [-0.2, 0) is 9.84 Å². The van der Waals surface area contributed by atoms with Crippen molar-refractivity contribution in [1.82, 2.24) is 15.1 Å². The third kappa shape index (κ3) is 3.05. The number of anilines is 1. The maximum atomic E-state index is 13.6. The summed E-state index contributed by atoms with van der Waals surface area (Å²) in [6, 6.07) is 19.3. The molecule has 7 heteroatoms. The first-order chi connectivity index (χ1) is 14.4. The van der Waals surface area contributed by atoms with Crippen molar-refractivity contribution in [3.63, 3.8) is 0 Å². The molecule has 6 nitrogen and oxygen atoms in total. The lowest BCUT2D eigenvalue weighted by atomic mass is 10.1. The lowest BCUT2D eigenvalue weighted by Crippen LogP contribution is -2.31. The highest BCUT2D eigenvalue weighted by atomic mass is 32.2. The Bertz CT molecular complexity index is 1340. The molecule has 0 radical (unpaired) electrons. The number of aromatic nitrogens is 2. The molecular weight excluding hydrogens is 396 g/mol. The zero-order valence-corrected chi connectivity index (χ0v) is 17.9. The number of hydrogen-bond donors (Lipinski definition) is 1. The number of hydrogen-bond acceptors (Lipinski definition) is 5. The molecule has 1 atom stereocenters. The molecule has 30 heavy (non-hydrogen) atoms. The van der Waals surface area contributed by atoms with Crippen molar-refractivity contribution in [3.8, 4) is 0 Å². The molecule has 0 spiro atoms. The van der Waals surface area contributed by atoms with Crippen molar-refractivity contribution < 1.29 is 8.42 Å². The smallest absolute Gasteiger partial charge is 0.226 e. The van der Waals surface area contributed by atoms with Crippen LogP contribution >= 0.6 is 0 Å². The van der Waals surface area contributed by atoms with E-state index in [1.54, 1.807) is 12.1 Å².